The van der Waals surface area contributed by atoms with Gasteiger partial charge in [0.15, 0.2) is 0 Å². The fourth-order valence-electron chi connectivity index (χ4n) is 2.17. The van der Waals surface area contributed by atoms with Crippen molar-refractivity contribution in [3.63, 3.8) is 0 Å². The van der Waals surface area contributed by atoms with Gasteiger partial charge in [0.2, 0.25) is 6.20 Å². The third-order valence-corrected chi connectivity index (χ3v) is 3.88. The number of aromatic nitrogens is 2. The van der Waals surface area contributed by atoms with Crippen molar-refractivity contribution in [2.45, 2.75) is 3.79 Å². The van der Waals surface area contributed by atoms with Crippen molar-refractivity contribution in [2.75, 3.05) is 0 Å². The molecule has 3 nitrogen and oxygen atoms in total. The van der Waals surface area contributed by atoms with E-state index >= 15 is 0 Å². The molecule has 3 aromatic rings. The number of rotatable bonds is 4. The largest absolute Gasteiger partial charge is 0.433 e. The lowest BCUT2D eigenvalue weighted by molar-refractivity contribution is -0.642. The van der Waals surface area contributed by atoms with E-state index in [9.17, 15) is 0 Å². The molecular formula is C19H14Cl3N2O+. The molecule has 0 aliphatic rings. The summed E-state index contributed by atoms with van der Waals surface area (Å²) in [6, 6.07) is 18.2. The van der Waals surface area contributed by atoms with E-state index in [0.717, 1.165) is 16.7 Å². The van der Waals surface area contributed by atoms with Crippen LogP contribution in [-0.2, 0) is 3.79 Å². The molecule has 0 saturated carbocycles. The molecule has 3 rings (SSSR count). The summed E-state index contributed by atoms with van der Waals surface area (Å²) in [5.41, 5.74) is 3.26. The summed E-state index contributed by atoms with van der Waals surface area (Å²) < 4.78 is 4.82. The van der Waals surface area contributed by atoms with E-state index in [-0.39, 0.29) is 5.89 Å². The minimum absolute atomic E-state index is 0.121. The van der Waals surface area contributed by atoms with Gasteiger partial charge in [0.1, 0.15) is 0 Å². The van der Waals surface area contributed by atoms with E-state index in [1.165, 1.54) is 11.1 Å². The predicted octanol–water partition coefficient (Wildman–Crippen LogP) is 5.59. The summed E-state index contributed by atoms with van der Waals surface area (Å²) in [7, 11) is 0. The average Bonchev–Trinajstić information content (AvgIpc) is 3.09. The van der Waals surface area contributed by atoms with Crippen molar-refractivity contribution in [1.82, 2.24) is 5.10 Å². The molecule has 0 spiro atoms. The van der Waals surface area contributed by atoms with Gasteiger partial charge in [-0.2, -0.15) is 0 Å². The standard InChI is InChI=1S/C19H14Cl3N2O/c20-19(21,22)18-24(23-14-25-18)13-12-17-10-8-16(9-11-17)7-6-15-4-2-1-3-5-15/h1-14H/q+1. The molecule has 0 unspecified atom stereocenters. The molecule has 1 heterocycles. The van der Waals surface area contributed by atoms with E-state index in [4.69, 9.17) is 39.2 Å². The molecule has 126 valence electrons. The topological polar surface area (TPSA) is 29.9 Å². The quantitative estimate of drug-likeness (QED) is 0.329. The Morgan fingerprint density at radius 2 is 1.36 bits per heavy atom. The maximum absolute atomic E-state index is 5.83. The Labute approximate surface area is 160 Å². The van der Waals surface area contributed by atoms with Crippen LogP contribution in [0.25, 0.3) is 24.4 Å². The second-order valence-corrected chi connectivity index (χ2v) is 7.49. The Hall–Kier alpha value is -2.07. The van der Waals surface area contributed by atoms with Crippen molar-refractivity contribution in [3.8, 4) is 0 Å². The third kappa shape index (κ3) is 4.95. The summed E-state index contributed by atoms with van der Waals surface area (Å²) in [6.45, 7) is 0. The van der Waals surface area contributed by atoms with Crippen molar-refractivity contribution in [1.29, 1.82) is 0 Å². The number of hydrogen-bond acceptors (Lipinski definition) is 2. The van der Waals surface area contributed by atoms with Crippen LogP contribution in [0, 0.1) is 0 Å². The second-order valence-electron chi connectivity index (χ2n) is 5.21. The minimum Gasteiger partial charge on any atom is -0.385 e. The van der Waals surface area contributed by atoms with E-state index in [0.29, 0.717) is 0 Å². The van der Waals surface area contributed by atoms with Gasteiger partial charge in [-0.25, -0.2) is 0 Å². The molecule has 2 aromatic carbocycles. The Balaban J connectivity index is 1.71. The van der Waals surface area contributed by atoms with Crippen LogP contribution in [0.2, 0.25) is 0 Å². The van der Waals surface area contributed by atoms with Crippen LogP contribution in [0.3, 0.4) is 0 Å². The van der Waals surface area contributed by atoms with Crippen LogP contribution in [-0.4, -0.2) is 5.10 Å². The molecular weight excluding hydrogens is 379 g/mol. The van der Waals surface area contributed by atoms with Crippen molar-refractivity contribution >= 4 is 59.2 Å². The van der Waals surface area contributed by atoms with Gasteiger partial charge in [-0.3, -0.25) is 0 Å². The Morgan fingerprint density at radius 3 is 1.96 bits per heavy atom. The lowest BCUT2D eigenvalue weighted by atomic mass is 10.1. The zero-order chi connectivity index (χ0) is 17.7. The van der Waals surface area contributed by atoms with Crippen LogP contribution in [0.4, 0.5) is 0 Å². The molecule has 0 aliphatic carbocycles. The maximum atomic E-state index is 5.83. The molecule has 0 N–H and O–H groups in total. The smallest absolute Gasteiger partial charge is 0.385 e. The van der Waals surface area contributed by atoms with Gasteiger partial charge in [0, 0.05) is 11.2 Å². The van der Waals surface area contributed by atoms with E-state index in [2.05, 4.69) is 29.4 Å². The zero-order valence-electron chi connectivity index (χ0n) is 13.0. The first-order valence-corrected chi connectivity index (χ1v) is 8.60. The van der Waals surface area contributed by atoms with Gasteiger partial charge >= 0.3 is 9.68 Å². The highest BCUT2D eigenvalue weighted by Gasteiger charge is 2.39. The first kappa shape index (κ1) is 17.7. The molecule has 0 aliphatic heterocycles. The van der Waals surface area contributed by atoms with Gasteiger partial charge in [-0.15, -0.1) is 0 Å². The normalized spacial score (nSPS) is 12.3. The number of hydrogen-bond donors (Lipinski definition) is 0. The van der Waals surface area contributed by atoms with Crippen LogP contribution in [0.5, 0.6) is 0 Å². The van der Waals surface area contributed by atoms with Crippen LogP contribution in [0.15, 0.2) is 65.4 Å². The third-order valence-electron chi connectivity index (χ3n) is 3.40. The molecule has 0 bridgehead atoms. The molecule has 1 aromatic heterocycles. The molecule has 0 radical (unpaired) electrons. The zero-order valence-corrected chi connectivity index (χ0v) is 15.3. The summed E-state index contributed by atoms with van der Waals surface area (Å²) in [5.74, 6) is 0.121. The van der Waals surface area contributed by atoms with Gasteiger partial charge in [-0.1, -0.05) is 102 Å². The van der Waals surface area contributed by atoms with E-state index in [1.807, 2.05) is 48.5 Å². The molecule has 0 fully saturated rings. The van der Waals surface area contributed by atoms with E-state index < -0.39 is 3.79 Å². The number of benzene rings is 2. The first-order valence-electron chi connectivity index (χ1n) is 7.46. The maximum Gasteiger partial charge on any atom is 0.433 e. The van der Waals surface area contributed by atoms with Gasteiger partial charge in [-0.05, 0) is 21.4 Å². The van der Waals surface area contributed by atoms with Crippen molar-refractivity contribution in [3.05, 3.63) is 83.6 Å². The fraction of sp³-hybridized carbons (Fsp3) is 0.0526. The monoisotopic (exact) mass is 391 g/mol. The van der Waals surface area contributed by atoms with E-state index in [1.54, 1.807) is 6.20 Å². The summed E-state index contributed by atoms with van der Waals surface area (Å²) in [4.78, 5) is 0. The fourth-order valence-corrected chi connectivity index (χ4v) is 2.56. The minimum atomic E-state index is -1.67. The molecule has 0 saturated heterocycles. The van der Waals surface area contributed by atoms with Gasteiger partial charge in [0.05, 0.1) is 0 Å². The number of nitrogens with zero attached hydrogens (tertiary/aromatic N) is 2. The number of halogens is 3. The highest BCUT2D eigenvalue weighted by molar-refractivity contribution is 6.66. The van der Waals surface area contributed by atoms with Gasteiger partial charge < -0.3 is 4.42 Å². The summed E-state index contributed by atoms with van der Waals surface area (Å²) in [5, 5.41) is 3.98. The second kappa shape index (κ2) is 7.87. The van der Waals surface area contributed by atoms with Crippen molar-refractivity contribution in [2.24, 2.45) is 0 Å². The molecule has 25 heavy (non-hydrogen) atoms. The molecule has 0 atom stereocenters. The van der Waals surface area contributed by atoms with Crippen LogP contribution < -0.4 is 4.68 Å². The highest BCUT2D eigenvalue weighted by atomic mass is 35.6. The van der Waals surface area contributed by atoms with Crippen LogP contribution >= 0.6 is 34.8 Å². The SMILES string of the molecule is ClC(Cl)(Cl)c1ocn[n+]1C=Cc1ccc(C=Cc2ccccc2)cc1. The van der Waals surface area contributed by atoms with Gasteiger partial charge in [0.25, 0.3) is 6.39 Å². The summed E-state index contributed by atoms with van der Waals surface area (Å²) in [6.07, 6.45) is 8.89. The Morgan fingerprint density at radius 1 is 0.800 bits per heavy atom. The number of alkyl halides is 3. The highest BCUT2D eigenvalue weighted by Crippen LogP contribution is 2.35. The predicted molar refractivity (Wildman–Crippen MR) is 103 cm³/mol. The Kier molecular flexibility index (Phi) is 5.59. The first-order chi connectivity index (χ1) is 12.0. The van der Waals surface area contributed by atoms with Crippen molar-refractivity contribution < 1.29 is 9.10 Å². The molecule has 6 heteroatoms. The average molecular weight is 393 g/mol. The van der Waals surface area contributed by atoms with Crippen LogP contribution in [0.1, 0.15) is 22.6 Å². The lowest BCUT2D eigenvalue weighted by Gasteiger charge is -1.99. The summed E-state index contributed by atoms with van der Waals surface area (Å²) >= 11 is 17.5. The Bertz CT molecular complexity index is 879. The molecule has 0 amide bonds. The lowest BCUT2D eigenvalue weighted by Crippen LogP contribution is -2.35.